The largest absolute Gasteiger partial charge is 0.496 e. The van der Waals surface area contributed by atoms with E-state index in [0.29, 0.717) is 42.8 Å². The van der Waals surface area contributed by atoms with Gasteiger partial charge in [-0.2, -0.15) is 0 Å². The molecule has 0 saturated heterocycles. The first-order valence-corrected chi connectivity index (χ1v) is 9.91. The van der Waals surface area contributed by atoms with E-state index in [9.17, 15) is 4.79 Å². The third kappa shape index (κ3) is 5.85. The first-order valence-electron chi connectivity index (χ1n) is 9.91. The Bertz CT molecular complexity index is 1030. The Labute approximate surface area is 181 Å². The van der Waals surface area contributed by atoms with Crippen molar-refractivity contribution in [1.82, 2.24) is 15.6 Å². The van der Waals surface area contributed by atoms with E-state index in [1.165, 1.54) is 14.2 Å². The third-order valence-corrected chi connectivity index (χ3v) is 4.44. The zero-order valence-electron chi connectivity index (χ0n) is 17.8. The van der Waals surface area contributed by atoms with E-state index < -0.39 is 5.97 Å². The number of oxazole rings is 1. The predicted octanol–water partition coefficient (Wildman–Crippen LogP) is 3.39. The Morgan fingerprint density at radius 2 is 1.94 bits per heavy atom. The van der Waals surface area contributed by atoms with Gasteiger partial charge in [-0.15, -0.1) is 0 Å². The molecule has 0 atom stereocenters. The van der Waals surface area contributed by atoms with E-state index in [4.69, 9.17) is 13.9 Å². The van der Waals surface area contributed by atoms with Crippen LogP contribution in [0.5, 0.6) is 5.75 Å². The fraction of sp³-hybridized carbons (Fsp3) is 0.261. The summed E-state index contributed by atoms with van der Waals surface area (Å²) < 4.78 is 15.6. The molecule has 0 aliphatic carbocycles. The van der Waals surface area contributed by atoms with E-state index in [1.807, 2.05) is 43.3 Å². The Hall–Kier alpha value is -3.81. The summed E-state index contributed by atoms with van der Waals surface area (Å²) in [6, 6.07) is 15.1. The minimum absolute atomic E-state index is 0.367. The van der Waals surface area contributed by atoms with Gasteiger partial charge in [0.15, 0.2) is 5.96 Å². The van der Waals surface area contributed by atoms with Crippen molar-refractivity contribution in [2.75, 3.05) is 20.8 Å². The lowest BCUT2D eigenvalue weighted by molar-refractivity contribution is 0.0597. The van der Waals surface area contributed by atoms with Crippen LogP contribution < -0.4 is 15.4 Å². The quantitative estimate of drug-likeness (QED) is 0.326. The molecule has 0 saturated carbocycles. The van der Waals surface area contributed by atoms with E-state index >= 15 is 0 Å². The molecule has 0 unspecified atom stereocenters. The van der Waals surface area contributed by atoms with Crippen LogP contribution in [0.25, 0.3) is 11.5 Å². The normalized spacial score (nSPS) is 11.1. The fourth-order valence-corrected chi connectivity index (χ4v) is 2.91. The number of carbonyl (C=O) groups excluding carboxylic acids is 1. The molecule has 162 valence electrons. The van der Waals surface area contributed by atoms with E-state index in [1.54, 1.807) is 18.4 Å². The van der Waals surface area contributed by atoms with Crippen LogP contribution in [0.4, 0.5) is 0 Å². The first-order chi connectivity index (χ1) is 15.1. The van der Waals surface area contributed by atoms with Crippen molar-refractivity contribution in [1.29, 1.82) is 0 Å². The second-order valence-electron chi connectivity index (χ2n) is 6.58. The molecule has 3 aromatic rings. The van der Waals surface area contributed by atoms with E-state index in [2.05, 4.69) is 20.6 Å². The van der Waals surface area contributed by atoms with Crippen molar-refractivity contribution in [2.45, 2.75) is 20.0 Å². The molecular formula is C23H26N4O4. The summed E-state index contributed by atoms with van der Waals surface area (Å²) in [4.78, 5) is 21.1. The maximum atomic E-state index is 12.0. The Morgan fingerprint density at radius 1 is 1.13 bits per heavy atom. The average Bonchev–Trinajstić information content (AvgIpc) is 3.30. The molecule has 0 amide bonds. The van der Waals surface area contributed by atoms with Gasteiger partial charge in [-0.1, -0.05) is 24.3 Å². The van der Waals surface area contributed by atoms with E-state index in [0.717, 1.165) is 16.8 Å². The summed E-state index contributed by atoms with van der Waals surface area (Å²) >= 11 is 0. The zero-order chi connectivity index (χ0) is 22.1. The molecule has 2 aromatic carbocycles. The minimum Gasteiger partial charge on any atom is -0.496 e. The van der Waals surface area contributed by atoms with Crippen LogP contribution in [0.2, 0.25) is 0 Å². The van der Waals surface area contributed by atoms with Crippen LogP contribution >= 0.6 is 0 Å². The summed E-state index contributed by atoms with van der Waals surface area (Å²) in [5.41, 5.74) is 2.91. The number of esters is 1. The van der Waals surface area contributed by atoms with Gasteiger partial charge in [0, 0.05) is 12.1 Å². The number of benzene rings is 2. The standard InChI is InChI=1S/C23H26N4O4/c1-4-24-23(25-13-16-10-11-20(29-2)19(12-16)22(28)30-3)26-14-18-15-31-21(27-18)17-8-6-5-7-9-17/h5-12,15H,4,13-14H2,1-3H3,(H2,24,25,26). The van der Waals surface area contributed by atoms with Gasteiger partial charge in [-0.3, -0.25) is 0 Å². The first kappa shape index (κ1) is 21.9. The Balaban J connectivity index is 1.67. The van der Waals surface area contributed by atoms with E-state index in [-0.39, 0.29) is 0 Å². The summed E-state index contributed by atoms with van der Waals surface area (Å²) in [5, 5.41) is 6.44. The number of ether oxygens (including phenoxy) is 2. The highest BCUT2D eigenvalue weighted by molar-refractivity contribution is 5.92. The van der Waals surface area contributed by atoms with Crippen LogP contribution in [0.3, 0.4) is 0 Å². The molecule has 0 aliphatic rings. The van der Waals surface area contributed by atoms with Gasteiger partial charge in [-0.25, -0.2) is 14.8 Å². The third-order valence-electron chi connectivity index (χ3n) is 4.44. The molecular weight excluding hydrogens is 396 g/mol. The smallest absolute Gasteiger partial charge is 0.341 e. The summed E-state index contributed by atoms with van der Waals surface area (Å²) in [5.74, 6) is 1.22. The van der Waals surface area contributed by atoms with Crippen molar-refractivity contribution in [3.63, 3.8) is 0 Å². The molecule has 8 heteroatoms. The van der Waals surface area contributed by atoms with Crippen LogP contribution in [0.15, 0.2) is 64.2 Å². The van der Waals surface area contributed by atoms with Crippen LogP contribution in [0.1, 0.15) is 28.5 Å². The molecule has 1 heterocycles. The number of nitrogens with one attached hydrogen (secondary N) is 2. The summed E-state index contributed by atoms with van der Waals surface area (Å²) in [7, 11) is 2.85. The van der Waals surface area contributed by atoms with Gasteiger partial charge in [0.05, 0.1) is 33.0 Å². The molecule has 1 aromatic heterocycles. The number of hydrogen-bond donors (Lipinski definition) is 2. The van der Waals surface area contributed by atoms with Gasteiger partial charge in [0.2, 0.25) is 5.89 Å². The molecule has 2 N–H and O–H groups in total. The maximum absolute atomic E-state index is 12.0. The maximum Gasteiger partial charge on any atom is 0.341 e. The second-order valence-corrected chi connectivity index (χ2v) is 6.58. The second kappa shape index (κ2) is 10.8. The highest BCUT2D eigenvalue weighted by Crippen LogP contribution is 2.21. The highest BCUT2D eigenvalue weighted by atomic mass is 16.5. The molecule has 0 bridgehead atoms. The highest BCUT2D eigenvalue weighted by Gasteiger charge is 2.13. The summed E-state index contributed by atoms with van der Waals surface area (Å²) in [6.45, 7) is 3.52. The SMILES string of the molecule is CCNC(=NCc1ccc(OC)c(C(=O)OC)c1)NCc1coc(-c2ccccc2)n1. The topological polar surface area (TPSA) is 98.0 Å². The van der Waals surface area contributed by atoms with Crippen LogP contribution in [-0.2, 0) is 17.8 Å². The molecule has 0 fully saturated rings. The van der Waals surface area contributed by atoms with Crippen molar-refractivity contribution in [3.8, 4) is 17.2 Å². The molecule has 0 spiro atoms. The molecule has 0 aliphatic heterocycles. The van der Waals surface area contributed by atoms with Gasteiger partial charge >= 0.3 is 5.97 Å². The fourth-order valence-electron chi connectivity index (χ4n) is 2.91. The monoisotopic (exact) mass is 422 g/mol. The van der Waals surface area contributed by atoms with Crippen molar-refractivity contribution >= 4 is 11.9 Å². The van der Waals surface area contributed by atoms with Gasteiger partial charge in [-0.05, 0) is 36.8 Å². The van der Waals surface area contributed by atoms with Crippen molar-refractivity contribution < 1.29 is 18.7 Å². The predicted molar refractivity (Wildman–Crippen MR) is 118 cm³/mol. The lowest BCUT2D eigenvalue weighted by atomic mass is 10.1. The summed E-state index contributed by atoms with van der Waals surface area (Å²) in [6.07, 6.45) is 1.63. The van der Waals surface area contributed by atoms with Crippen LogP contribution in [-0.4, -0.2) is 37.7 Å². The molecule has 0 radical (unpaired) electrons. The minimum atomic E-state index is -0.451. The number of rotatable bonds is 8. The molecule has 31 heavy (non-hydrogen) atoms. The average molecular weight is 422 g/mol. The van der Waals surface area contributed by atoms with Gasteiger partial charge in [0.1, 0.15) is 17.6 Å². The van der Waals surface area contributed by atoms with Gasteiger partial charge < -0.3 is 24.5 Å². The van der Waals surface area contributed by atoms with Crippen molar-refractivity contribution in [3.05, 3.63) is 71.6 Å². The number of nitrogens with zero attached hydrogens (tertiary/aromatic N) is 2. The lowest BCUT2D eigenvalue weighted by Crippen LogP contribution is -2.36. The molecule has 3 rings (SSSR count). The number of hydrogen-bond acceptors (Lipinski definition) is 6. The number of carbonyl (C=O) groups is 1. The van der Waals surface area contributed by atoms with Gasteiger partial charge in [0.25, 0.3) is 0 Å². The Kier molecular flexibility index (Phi) is 7.64. The van der Waals surface area contributed by atoms with Crippen LogP contribution in [0, 0.1) is 0 Å². The number of aromatic nitrogens is 1. The number of guanidine groups is 1. The lowest BCUT2D eigenvalue weighted by Gasteiger charge is -2.11. The zero-order valence-corrected chi connectivity index (χ0v) is 17.8. The number of methoxy groups -OCH3 is 2. The Morgan fingerprint density at radius 3 is 2.65 bits per heavy atom. The number of aliphatic imine (C=N–C) groups is 1. The molecule has 8 nitrogen and oxygen atoms in total. The van der Waals surface area contributed by atoms with Crippen molar-refractivity contribution in [2.24, 2.45) is 4.99 Å².